The minimum atomic E-state index is 0.0817. The zero-order valence-corrected chi connectivity index (χ0v) is 10.8. The van der Waals surface area contributed by atoms with Gasteiger partial charge in [0.05, 0.1) is 5.60 Å². The smallest absolute Gasteiger partial charge is 0.0694 e. The molecule has 1 fully saturated rings. The van der Waals surface area contributed by atoms with E-state index in [4.69, 9.17) is 15.3 Å². The van der Waals surface area contributed by atoms with Gasteiger partial charge < -0.3 is 9.47 Å². The van der Waals surface area contributed by atoms with Crippen LogP contribution in [0.15, 0.2) is 0 Å². The number of methoxy groups -OCH3 is 2. The highest BCUT2D eigenvalue weighted by molar-refractivity contribution is 4.93. The predicted molar refractivity (Wildman–Crippen MR) is 65.0 cm³/mol. The second-order valence-corrected chi connectivity index (χ2v) is 4.98. The van der Waals surface area contributed by atoms with Crippen LogP contribution in [0.5, 0.6) is 0 Å². The number of nitrogens with two attached hydrogens (primary N) is 1. The van der Waals surface area contributed by atoms with Crippen LogP contribution in [-0.2, 0) is 9.47 Å². The molecule has 1 aliphatic rings. The van der Waals surface area contributed by atoms with Crippen molar-refractivity contribution in [1.29, 1.82) is 0 Å². The lowest BCUT2D eigenvalue weighted by Crippen LogP contribution is -2.50. The SMILES string of the molecule is COCCC(C)C(CC1(OC)CCC1)NN. The Hall–Kier alpha value is -0.160. The minimum absolute atomic E-state index is 0.0817. The molecule has 4 nitrogen and oxygen atoms in total. The quantitative estimate of drug-likeness (QED) is 0.489. The lowest BCUT2D eigenvalue weighted by Gasteiger charge is -2.43. The number of hydrogen-bond donors (Lipinski definition) is 2. The highest BCUT2D eigenvalue weighted by atomic mass is 16.5. The van der Waals surface area contributed by atoms with Gasteiger partial charge in [-0.3, -0.25) is 11.3 Å². The van der Waals surface area contributed by atoms with Crippen molar-refractivity contribution in [2.24, 2.45) is 11.8 Å². The highest BCUT2D eigenvalue weighted by Gasteiger charge is 2.39. The molecule has 2 unspecified atom stereocenters. The van der Waals surface area contributed by atoms with E-state index in [9.17, 15) is 0 Å². The van der Waals surface area contributed by atoms with Gasteiger partial charge in [0.15, 0.2) is 0 Å². The van der Waals surface area contributed by atoms with Gasteiger partial charge in [0.2, 0.25) is 0 Å². The molecule has 0 heterocycles. The van der Waals surface area contributed by atoms with Crippen molar-refractivity contribution in [2.45, 2.75) is 50.7 Å². The minimum Gasteiger partial charge on any atom is -0.385 e. The number of ether oxygens (including phenoxy) is 2. The molecule has 3 N–H and O–H groups in total. The molecule has 0 amide bonds. The van der Waals surface area contributed by atoms with Gasteiger partial charge in [0.25, 0.3) is 0 Å². The summed E-state index contributed by atoms with van der Waals surface area (Å²) in [5.74, 6) is 6.15. The fourth-order valence-electron chi connectivity index (χ4n) is 2.39. The monoisotopic (exact) mass is 230 g/mol. The maximum atomic E-state index is 5.64. The summed E-state index contributed by atoms with van der Waals surface area (Å²) in [5, 5.41) is 0. The van der Waals surface area contributed by atoms with E-state index in [1.807, 2.05) is 7.11 Å². The van der Waals surface area contributed by atoms with E-state index in [-0.39, 0.29) is 5.60 Å². The van der Waals surface area contributed by atoms with Gasteiger partial charge in [-0.15, -0.1) is 0 Å². The van der Waals surface area contributed by atoms with Crippen molar-refractivity contribution < 1.29 is 9.47 Å². The van der Waals surface area contributed by atoms with Crippen LogP contribution in [-0.4, -0.2) is 32.5 Å². The Morgan fingerprint density at radius 3 is 2.44 bits per heavy atom. The number of nitrogens with one attached hydrogen (secondary N) is 1. The van der Waals surface area contributed by atoms with Crippen LogP contribution in [0, 0.1) is 5.92 Å². The molecule has 0 bridgehead atoms. The third-order valence-corrected chi connectivity index (χ3v) is 3.97. The Kier molecular flexibility index (Phi) is 5.69. The Balaban J connectivity index is 2.40. The van der Waals surface area contributed by atoms with Gasteiger partial charge in [-0.05, 0) is 38.0 Å². The van der Waals surface area contributed by atoms with E-state index >= 15 is 0 Å². The summed E-state index contributed by atoms with van der Waals surface area (Å²) < 4.78 is 10.7. The predicted octanol–water partition coefficient (Wildman–Crippen LogP) is 1.45. The van der Waals surface area contributed by atoms with Crippen molar-refractivity contribution in [3.63, 3.8) is 0 Å². The molecule has 0 radical (unpaired) electrons. The Morgan fingerprint density at radius 1 is 1.38 bits per heavy atom. The third kappa shape index (κ3) is 3.42. The fraction of sp³-hybridized carbons (Fsp3) is 1.00. The van der Waals surface area contributed by atoms with E-state index in [1.165, 1.54) is 19.3 Å². The van der Waals surface area contributed by atoms with Crippen molar-refractivity contribution in [3.05, 3.63) is 0 Å². The normalized spacial score (nSPS) is 22.5. The molecular weight excluding hydrogens is 204 g/mol. The Bertz CT molecular complexity index is 190. The van der Waals surface area contributed by atoms with Crippen molar-refractivity contribution in [2.75, 3.05) is 20.8 Å². The van der Waals surface area contributed by atoms with Gasteiger partial charge in [-0.1, -0.05) is 6.92 Å². The molecule has 2 atom stereocenters. The van der Waals surface area contributed by atoms with E-state index < -0.39 is 0 Å². The summed E-state index contributed by atoms with van der Waals surface area (Å²) in [6.07, 6.45) is 5.64. The zero-order chi connectivity index (χ0) is 12.0. The first-order chi connectivity index (χ1) is 7.67. The molecule has 0 spiro atoms. The molecule has 0 aromatic carbocycles. The first kappa shape index (κ1) is 13.9. The summed E-state index contributed by atoms with van der Waals surface area (Å²) >= 11 is 0. The fourth-order valence-corrected chi connectivity index (χ4v) is 2.39. The summed E-state index contributed by atoms with van der Waals surface area (Å²) in [5.41, 5.74) is 3.02. The first-order valence-corrected chi connectivity index (χ1v) is 6.17. The number of hydrazine groups is 1. The largest absolute Gasteiger partial charge is 0.385 e. The summed E-state index contributed by atoms with van der Waals surface area (Å²) in [6, 6.07) is 0.315. The second kappa shape index (κ2) is 6.55. The topological polar surface area (TPSA) is 56.5 Å². The van der Waals surface area contributed by atoms with Gasteiger partial charge in [-0.25, -0.2) is 0 Å². The van der Waals surface area contributed by atoms with Gasteiger partial charge in [-0.2, -0.15) is 0 Å². The average molecular weight is 230 g/mol. The molecule has 0 saturated heterocycles. The van der Waals surface area contributed by atoms with Crippen LogP contribution in [0.4, 0.5) is 0 Å². The molecule has 0 aliphatic heterocycles. The Morgan fingerprint density at radius 2 is 2.06 bits per heavy atom. The molecule has 1 saturated carbocycles. The van der Waals surface area contributed by atoms with Crippen LogP contribution >= 0.6 is 0 Å². The van der Waals surface area contributed by atoms with Gasteiger partial charge in [0.1, 0.15) is 0 Å². The first-order valence-electron chi connectivity index (χ1n) is 6.17. The van der Waals surface area contributed by atoms with Gasteiger partial charge >= 0.3 is 0 Å². The summed E-state index contributed by atoms with van der Waals surface area (Å²) in [4.78, 5) is 0. The van der Waals surface area contributed by atoms with Crippen LogP contribution in [0.2, 0.25) is 0 Å². The summed E-state index contributed by atoms with van der Waals surface area (Å²) in [7, 11) is 3.55. The van der Waals surface area contributed by atoms with E-state index in [2.05, 4.69) is 12.3 Å². The molecule has 4 heteroatoms. The maximum Gasteiger partial charge on any atom is 0.0694 e. The van der Waals surface area contributed by atoms with Gasteiger partial charge in [0, 0.05) is 26.9 Å². The van der Waals surface area contributed by atoms with Crippen molar-refractivity contribution >= 4 is 0 Å². The van der Waals surface area contributed by atoms with Crippen molar-refractivity contribution in [1.82, 2.24) is 5.43 Å². The van der Waals surface area contributed by atoms with Crippen molar-refractivity contribution in [3.8, 4) is 0 Å². The lowest BCUT2D eigenvalue weighted by molar-refractivity contribution is -0.0871. The zero-order valence-electron chi connectivity index (χ0n) is 10.8. The van der Waals surface area contributed by atoms with Crippen LogP contribution in [0.1, 0.15) is 39.0 Å². The van der Waals surface area contributed by atoms with E-state index in [1.54, 1.807) is 7.11 Å². The molecular formula is C12H26N2O2. The summed E-state index contributed by atoms with van der Waals surface area (Å²) in [6.45, 7) is 3.00. The molecule has 1 aliphatic carbocycles. The molecule has 96 valence electrons. The third-order valence-electron chi connectivity index (χ3n) is 3.97. The average Bonchev–Trinajstić information content (AvgIpc) is 2.25. The standard InChI is InChI=1S/C12H26N2O2/c1-10(5-8-15-2)11(14-13)9-12(16-3)6-4-7-12/h10-11,14H,4-9,13H2,1-3H3. The number of rotatable bonds is 8. The van der Waals surface area contributed by atoms with Crippen LogP contribution in [0.25, 0.3) is 0 Å². The maximum absolute atomic E-state index is 5.64. The molecule has 16 heavy (non-hydrogen) atoms. The molecule has 0 aromatic rings. The molecule has 1 rings (SSSR count). The highest BCUT2D eigenvalue weighted by Crippen LogP contribution is 2.39. The number of hydrogen-bond acceptors (Lipinski definition) is 4. The molecule has 0 aromatic heterocycles. The van der Waals surface area contributed by atoms with Crippen LogP contribution < -0.4 is 11.3 Å². The van der Waals surface area contributed by atoms with E-state index in [0.29, 0.717) is 12.0 Å². The van der Waals surface area contributed by atoms with Crippen LogP contribution in [0.3, 0.4) is 0 Å². The second-order valence-electron chi connectivity index (χ2n) is 4.98. The van der Waals surface area contributed by atoms with E-state index in [0.717, 1.165) is 19.4 Å². The Labute approximate surface area is 98.8 Å². The lowest BCUT2D eigenvalue weighted by atomic mass is 9.73.